The zero-order valence-electron chi connectivity index (χ0n) is 11.6. The average Bonchev–Trinajstić information content (AvgIpc) is 3.23. The molecule has 0 saturated carbocycles. The van der Waals surface area contributed by atoms with Crippen LogP contribution in [0.4, 0.5) is 0 Å². The molecule has 8 heteroatoms. The van der Waals surface area contributed by atoms with Gasteiger partial charge in [0.05, 0.1) is 23.5 Å². The van der Waals surface area contributed by atoms with Crippen LogP contribution in [0.25, 0.3) is 17.7 Å². The molecule has 3 aromatic heterocycles. The Morgan fingerprint density at radius 1 is 1.45 bits per heavy atom. The van der Waals surface area contributed by atoms with Gasteiger partial charge in [-0.2, -0.15) is 4.98 Å². The van der Waals surface area contributed by atoms with E-state index in [1.807, 2.05) is 12.3 Å². The Morgan fingerprint density at radius 3 is 3.09 bits per heavy atom. The second-order valence-corrected chi connectivity index (χ2v) is 5.40. The average molecular weight is 316 g/mol. The molecule has 3 rings (SSSR count). The van der Waals surface area contributed by atoms with E-state index in [1.54, 1.807) is 18.2 Å². The Balaban J connectivity index is 1.54. The van der Waals surface area contributed by atoms with E-state index in [-0.39, 0.29) is 18.3 Å². The third-order valence-corrected chi connectivity index (χ3v) is 3.45. The highest BCUT2D eigenvalue weighted by Crippen LogP contribution is 2.16. The lowest BCUT2D eigenvalue weighted by Gasteiger charge is -1.95. The molecule has 22 heavy (non-hydrogen) atoms. The topological polar surface area (TPSA) is 94.1 Å². The minimum Gasteiger partial charge on any atom is -0.459 e. The summed E-state index contributed by atoms with van der Waals surface area (Å²) in [7, 11) is 0. The van der Waals surface area contributed by atoms with Gasteiger partial charge in [0, 0.05) is 11.5 Å². The van der Waals surface area contributed by atoms with E-state index >= 15 is 0 Å². The van der Waals surface area contributed by atoms with E-state index in [9.17, 15) is 4.79 Å². The Hall–Kier alpha value is -2.74. The van der Waals surface area contributed by atoms with Gasteiger partial charge in [-0.15, -0.1) is 11.3 Å². The Bertz CT molecular complexity index is 789. The van der Waals surface area contributed by atoms with Crippen molar-refractivity contribution < 1.29 is 13.7 Å². The normalized spacial score (nSPS) is 11.1. The van der Waals surface area contributed by atoms with Crippen LogP contribution < -0.4 is 5.32 Å². The van der Waals surface area contributed by atoms with Crippen molar-refractivity contribution in [2.24, 2.45) is 0 Å². The van der Waals surface area contributed by atoms with Gasteiger partial charge in [-0.05, 0) is 25.1 Å². The summed E-state index contributed by atoms with van der Waals surface area (Å²) in [5.41, 5.74) is 0.761. The van der Waals surface area contributed by atoms with Crippen LogP contribution in [0.2, 0.25) is 0 Å². The Kier molecular flexibility index (Phi) is 4.10. The van der Waals surface area contributed by atoms with Crippen molar-refractivity contribution in [3.05, 3.63) is 46.4 Å². The van der Waals surface area contributed by atoms with E-state index in [2.05, 4.69) is 20.4 Å². The molecule has 0 spiro atoms. The number of thiazole rings is 1. The quantitative estimate of drug-likeness (QED) is 0.726. The predicted octanol–water partition coefficient (Wildman–Crippen LogP) is 2.42. The van der Waals surface area contributed by atoms with Gasteiger partial charge in [-0.25, -0.2) is 4.98 Å². The first-order valence-corrected chi connectivity index (χ1v) is 7.33. The van der Waals surface area contributed by atoms with Crippen molar-refractivity contribution in [1.29, 1.82) is 0 Å². The van der Waals surface area contributed by atoms with Crippen molar-refractivity contribution in [3.8, 4) is 11.7 Å². The maximum atomic E-state index is 11.7. The second-order valence-electron chi connectivity index (χ2n) is 4.34. The van der Waals surface area contributed by atoms with Gasteiger partial charge in [-0.1, -0.05) is 5.16 Å². The molecule has 0 atom stereocenters. The third kappa shape index (κ3) is 3.47. The van der Waals surface area contributed by atoms with Crippen LogP contribution in [0.1, 0.15) is 16.5 Å². The zero-order valence-corrected chi connectivity index (χ0v) is 12.5. The summed E-state index contributed by atoms with van der Waals surface area (Å²) >= 11 is 1.53. The van der Waals surface area contributed by atoms with E-state index in [0.29, 0.717) is 11.6 Å². The van der Waals surface area contributed by atoms with Crippen molar-refractivity contribution in [3.63, 3.8) is 0 Å². The van der Waals surface area contributed by atoms with Crippen LogP contribution >= 0.6 is 11.3 Å². The van der Waals surface area contributed by atoms with Gasteiger partial charge in [0.15, 0.2) is 11.6 Å². The first kappa shape index (κ1) is 14.2. The number of rotatable bonds is 5. The highest BCUT2D eigenvalue weighted by molar-refractivity contribution is 7.09. The monoisotopic (exact) mass is 316 g/mol. The number of aryl methyl sites for hydroxylation is 1. The Labute approximate surface area is 129 Å². The number of carbonyl (C=O) groups excluding carboxylic acids is 1. The molecule has 1 N–H and O–H groups in total. The molecule has 0 aliphatic carbocycles. The third-order valence-electron chi connectivity index (χ3n) is 2.66. The minimum absolute atomic E-state index is 0.170. The summed E-state index contributed by atoms with van der Waals surface area (Å²) in [6, 6.07) is 3.44. The molecule has 0 bridgehead atoms. The molecule has 0 radical (unpaired) electrons. The smallest absolute Gasteiger partial charge is 0.293 e. The standard InChI is InChI=1S/C14H12N4O3S/c1-9-16-10(8-22-9)4-5-13(19)15-7-12-17-14(21-18-12)11-3-2-6-20-11/h2-6,8H,7H2,1H3,(H,15,19)/b5-4+. The van der Waals surface area contributed by atoms with Crippen LogP contribution in [0, 0.1) is 6.92 Å². The molecular weight excluding hydrogens is 304 g/mol. The Morgan fingerprint density at radius 2 is 2.36 bits per heavy atom. The highest BCUT2D eigenvalue weighted by atomic mass is 32.1. The fourth-order valence-corrected chi connectivity index (χ4v) is 2.25. The van der Waals surface area contributed by atoms with Crippen molar-refractivity contribution in [1.82, 2.24) is 20.4 Å². The molecule has 0 aliphatic heterocycles. The maximum absolute atomic E-state index is 11.7. The number of carbonyl (C=O) groups is 1. The van der Waals surface area contributed by atoms with Gasteiger partial charge in [0.25, 0.3) is 5.89 Å². The summed E-state index contributed by atoms with van der Waals surface area (Å²) < 4.78 is 10.2. The number of hydrogen-bond acceptors (Lipinski definition) is 7. The van der Waals surface area contributed by atoms with E-state index < -0.39 is 0 Å². The number of nitrogens with one attached hydrogen (secondary N) is 1. The van der Waals surface area contributed by atoms with Crippen molar-refractivity contribution in [2.75, 3.05) is 0 Å². The lowest BCUT2D eigenvalue weighted by molar-refractivity contribution is -0.116. The summed E-state index contributed by atoms with van der Waals surface area (Å²) in [6.07, 6.45) is 4.59. The van der Waals surface area contributed by atoms with E-state index in [1.165, 1.54) is 23.7 Å². The number of furan rings is 1. The summed E-state index contributed by atoms with van der Waals surface area (Å²) in [5, 5.41) is 9.28. The second kappa shape index (κ2) is 6.35. The van der Waals surface area contributed by atoms with Crippen LogP contribution in [-0.4, -0.2) is 21.0 Å². The molecule has 0 aromatic carbocycles. The zero-order chi connectivity index (χ0) is 15.4. The SMILES string of the molecule is Cc1nc(/C=C/C(=O)NCc2noc(-c3ccco3)n2)cs1. The van der Waals surface area contributed by atoms with Gasteiger partial charge in [-0.3, -0.25) is 4.79 Å². The lowest BCUT2D eigenvalue weighted by Crippen LogP contribution is -2.20. The van der Waals surface area contributed by atoms with Gasteiger partial charge >= 0.3 is 0 Å². The minimum atomic E-state index is -0.255. The molecule has 3 aromatic rings. The van der Waals surface area contributed by atoms with Crippen molar-refractivity contribution >= 4 is 23.3 Å². The fourth-order valence-electron chi connectivity index (χ4n) is 1.67. The highest BCUT2D eigenvalue weighted by Gasteiger charge is 2.11. The molecule has 0 saturated heterocycles. The number of nitrogens with zero attached hydrogens (tertiary/aromatic N) is 3. The maximum Gasteiger partial charge on any atom is 0.293 e. The van der Waals surface area contributed by atoms with E-state index in [0.717, 1.165) is 10.7 Å². The van der Waals surface area contributed by atoms with E-state index in [4.69, 9.17) is 8.94 Å². The molecule has 0 aliphatic rings. The molecule has 7 nitrogen and oxygen atoms in total. The van der Waals surface area contributed by atoms with Crippen LogP contribution in [0.3, 0.4) is 0 Å². The number of amides is 1. The largest absolute Gasteiger partial charge is 0.459 e. The first-order valence-electron chi connectivity index (χ1n) is 6.45. The van der Waals surface area contributed by atoms with Gasteiger partial charge < -0.3 is 14.3 Å². The molecule has 1 amide bonds. The summed E-state index contributed by atoms with van der Waals surface area (Å²) in [4.78, 5) is 20.1. The molecule has 112 valence electrons. The molecular formula is C14H12N4O3S. The van der Waals surface area contributed by atoms with Crippen LogP contribution in [-0.2, 0) is 11.3 Å². The molecule has 0 fully saturated rings. The molecule has 0 unspecified atom stereocenters. The van der Waals surface area contributed by atoms with Gasteiger partial charge in [0.2, 0.25) is 5.91 Å². The summed E-state index contributed by atoms with van der Waals surface area (Å²) in [5.74, 6) is 0.888. The molecule has 3 heterocycles. The fraction of sp³-hybridized carbons (Fsp3) is 0.143. The first-order chi connectivity index (χ1) is 10.7. The van der Waals surface area contributed by atoms with Crippen LogP contribution in [0.15, 0.2) is 38.8 Å². The number of aromatic nitrogens is 3. The summed E-state index contributed by atoms with van der Waals surface area (Å²) in [6.45, 7) is 2.08. The number of hydrogen-bond donors (Lipinski definition) is 1. The van der Waals surface area contributed by atoms with Gasteiger partial charge in [0.1, 0.15) is 0 Å². The van der Waals surface area contributed by atoms with Crippen molar-refractivity contribution in [2.45, 2.75) is 13.5 Å². The predicted molar refractivity (Wildman–Crippen MR) is 79.7 cm³/mol. The van der Waals surface area contributed by atoms with Crippen LogP contribution in [0.5, 0.6) is 0 Å². The lowest BCUT2D eigenvalue weighted by atomic mass is 10.4.